The van der Waals surface area contributed by atoms with Crippen molar-refractivity contribution in [2.24, 2.45) is 23.7 Å². The third-order valence-electron chi connectivity index (χ3n) is 3.41. The summed E-state index contributed by atoms with van der Waals surface area (Å²) in [5.74, 6) is -0.757. The van der Waals surface area contributed by atoms with Gasteiger partial charge < -0.3 is 9.47 Å². The molecule has 1 aliphatic rings. The molecule has 0 N–H and O–H groups in total. The van der Waals surface area contributed by atoms with Crippen LogP contribution < -0.4 is 0 Å². The molecule has 1 rings (SSSR count). The fourth-order valence-electron chi connectivity index (χ4n) is 2.26. The Kier molecular flexibility index (Phi) is 7.48. The van der Waals surface area contributed by atoms with Gasteiger partial charge in [-0.15, -0.1) is 0 Å². The molecule has 0 spiro atoms. The van der Waals surface area contributed by atoms with Gasteiger partial charge in [-0.25, -0.2) is 0 Å². The molecule has 1 aliphatic carbocycles. The fourth-order valence-corrected chi connectivity index (χ4v) is 2.26. The lowest BCUT2D eigenvalue weighted by atomic mass is 9.88. The first-order valence-electron chi connectivity index (χ1n) is 7.90. The minimum absolute atomic E-state index is 0.265. The SMILES string of the molecule is CC(C)COC(=O)C1CC=CCCC1C(=O)OCC(C)C. The first-order chi connectivity index (χ1) is 9.91. The van der Waals surface area contributed by atoms with Crippen LogP contribution in [-0.4, -0.2) is 25.2 Å². The molecule has 0 heterocycles. The predicted molar refractivity (Wildman–Crippen MR) is 81.6 cm³/mol. The summed E-state index contributed by atoms with van der Waals surface area (Å²) in [4.78, 5) is 24.5. The van der Waals surface area contributed by atoms with E-state index in [-0.39, 0.29) is 11.9 Å². The lowest BCUT2D eigenvalue weighted by Crippen LogP contribution is -2.33. The molecule has 2 atom stereocenters. The van der Waals surface area contributed by atoms with Gasteiger partial charge in [0.1, 0.15) is 0 Å². The van der Waals surface area contributed by atoms with Crippen LogP contribution in [0.2, 0.25) is 0 Å². The summed E-state index contributed by atoms with van der Waals surface area (Å²) in [6, 6.07) is 0. The molecule has 0 fully saturated rings. The number of hydrogen-bond acceptors (Lipinski definition) is 4. The third-order valence-corrected chi connectivity index (χ3v) is 3.41. The zero-order chi connectivity index (χ0) is 15.8. The Morgan fingerprint density at radius 2 is 1.48 bits per heavy atom. The van der Waals surface area contributed by atoms with Crippen molar-refractivity contribution in [3.8, 4) is 0 Å². The molecule has 0 aromatic carbocycles. The summed E-state index contributed by atoms with van der Waals surface area (Å²) in [5.41, 5.74) is 0. The van der Waals surface area contributed by atoms with Gasteiger partial charge in [0.05, 0.1) is 25.0 Å². The number of allylic oxidation sites excluding steroid dienone is 2. The highest BCUT2D eigenvalue weighted by Gasteiger charge is 2.35. The molecule has 2 unspecified atom stereocenters. The second-order valence-electron chi connectivity index (χ2n) is 6.55. The van der Waals surface area contributed by atoms with Gasteiger partial charge in [0, 0.05) is 0 Å². The summed E-state index contributed by atoms with van der Waals surface area (Å²) >= 11 is 0. The maximum atomic E-state index is 12.3. The van der Waals surface area contributed by atoms with Crippen LogP contribution in [0.4, 0.5) is 0 Å². The van der Waals surface area contributed by atoms with E-state index in [9.17, 15) is 9.59 Å². The lowest BCUT2D eigenvalue weighted by molar-refractivity contribution is -0.162. The van der Waals surface area contributed by atoms with Crippen molar-refractivity contribution < 1.29 is 19.1 Å². The van der Waals surface area contributed by atoms with E-state index < -0.39 is 11.8 Å². The number of carbonyl (C=O) groups excluding carboxylic acids is 2. The summed E-state index contributed by atoms with van der Waals surface area (Å²) in [6.07, 6.45) is 6.00. The zero-order valence-electron chi connectivity index (χ0n) is 13.6. The second kappa shape index (κ2) is 8.85. The molecule has 0 bridgehead atoms. The molecule has 0 radical (unpaired) electrons. The van der Waals surface area contributed by atoms with Gasteiger partial charge in [0.15, 0.2) is 0 Å². The van der Waals surface area contributed by atoms with Crippen molar-refractivity contribution in [3.63, 3.8) is 0 Å². The van der Waals surface area contributed by atoms with Crippen LogP contribution in [0.5, 0.6) is 0 Å². The standard InChI is InChI=1S/C17H28O4/c1-12(2)10-20-16(18)14-8-6-5-7-9-15(14)17(19)21-11-13(3)4/h5-6,12-15H,7-11H2,1-4H3. The number of hydrogen-bond donors (Lipinski definition) is 0. The molecule has 0 aromatic rings. The Morgan fingerprint density at radius 1 is 0.952 bits per heavy atom. The van der Waals surface area contributed by atoms with E-state index in [1.165, 1.54) is 0 Å². The highest BCUT2D eigenvalue weighted by molar-refractivity contribution is 5.82. The quantitative estimate of drug-likeness (QED) is 0.557. The molecule has 0 saturated heterocycles. The lowest BCUT2D eigenvalue weighted by Gasteiger charge is -2.23. The molecule has 0 aliphatic heterocycles. The second-order valence-corrected chi connectivity index (χ2v) is 6.55. The maximum Gasteiger partial charge on any atom is 0.310 e. The molecular weight excluding hydrogens is 268 g/mol. The van der Waals surface area contributed by atoms with Gasteiger partial charge >= 0.3 is 11.9 Å². The van der Waals surface area contributed by atoms with Crippen molar-refractivity contribution in [2.45, 2.75) is 47.0 Å². The van der Waals surface area contributed by atoms with Crippen LogP contribution in [0.25, 0.3) is 0 Å². The zero-order valence-corrected chi connectivity index (χ0v) is 13.6. The molecule has 0 amide bonds. The van der Waals surface area contributed by atoms with Crippen LogP contribution in [0.3, 0.4) is 0 Å². The van der Waals surface area contributed by atoms with Crippen LogP contribution in [0.1, 0.15) is 47.0 Å². The first kappa shape index (κ1) is 17.7. The van der Waals surface area contributed by atoms with Gasteiger partial charge in [-0.2, -0.15) is 0 Å². The van der Waals surface area contributed by atoms with E-state index in [2.05, 4.69) is 0 Å². The summed E-state index contributed by atoms with van der Waals surface area (Å²) in [7, 11) is 0. The molecule has 4 nitrogen and oxygen atoms in total. The normalized spacial score (nSPS) is 22.2. The minimum Gasteiger partial charge on any atom is -0.465 e. The van der Waals surface area contributed by atoms with Crippen molar-refractivity contribution >= 4 is 11.9 Å². The van der Waals surface area contributed by atoms with E-state index in [0.717, 1.165) is 6.42 Å². The van der Waals surface area contributed by atoms with E-state index in [4.69, 9.17) is 9.47 Å². The molecule has 21 heavy (non-hydrogen) atoms. The van der Waals surface area contributed by atoms with Crippen LogP contribution in [0, 0.1) is 23.7 Å². The van der Waals surface area contributed by atoms with Crippen molar-refractivity contribution in [2.75, 3.05) is 13.2 Å². The average Bonchev–Trinajstić information content (AvgIpc) is 2.67. The smallest absolute Gasteiger partial charge is 0.310 e. The topological polar surface area (TPSA) is 52.6 Å². The van der Waals surface area contributed by atoms with Gasteiger partial charge in [0.25, 0.3) is 0 Å². The maximum absolute atomic E-state index is 12.3. The van der Waals surface area contributed by atoms with E-state index in [1.807, 2.05) is 39.8 Å². The van der Waals surface area contributed by atoms with Crippen LogP contribution in [-0.2, 0) is 19.1 Å². The van der Waals surface area contributed by atoms with Crippen molar-refractivity contribution in [1.82, 2.24) is 0 Å². The van der Waals surface area contributed by atoms with E-state index in [1.54, 1.807) is 0 Å². The monoisotopic (exact) mass is 296 g/mol. The third kappa shape index (κ3) is 6.32. The predicted octanol–water partition coefficient (Wildman–Crippen LogP) is 3.36. The summed E-state index contributed by atoms with van der Waals surface area (Å²) in [6.45, 7) is 8.78. The number of carbonyl (C=O) groups is 2. The largest absolute Gasteiger partial charge is 0.465 e. The Balaban J connectivity index is 2.67. The highest BCUT2D eigenvalue weighted by atomic mass is 16.5. The first-order valence-corrected chi connectivity index (χ1v) is 7.90. The molecule has 0 saturated carbocycles. The van der Waals surface area contributed by atoms with Crippen LogP contribution >= 0.6 is 0 Å². The number of ether oxygens (including phenoxy) is 2. The van der Waals surface area contributed by atoms with E-state index >= 15 is 0 Å². The number of rotatable bonds is 6. The Labute approximate surface area is 127 Å². The molecule has 4 heteroatoms. The Hall–Kier alpha value is -1.32. The minimum atomic E-state index is -0.415. The van der Waals surface area contributed by atoms with Crippen LogP contribution in [0.15, 0.2) is 12.2 Å². The van der Waals surface area contributed by atoms with Gasteiger partial charge in [-0.3, -0.25) is 9.59 Å². The van der Waals surface area contributed by atoms with Gasteiger partial charge in [-0.1, -0.05) is 39.8 Å². The van der Waals surface area contributed by atoms with Crippen molar-refractivity contribution in [1.29, 1.82) is 0 Å². The molecular formula is C17H28O4. The summed E-state index contributed by atoms with van der Waals surface area (Å²) in [5, 5.41) is 0. The van der Waals surface area contributed by atoms with Gasteiger partial charge in [-0.05, 0) is 31.1 Å². The number of esters is 2. The fraction of sp³-hybridized carbons (Fsp3) is 0.765. The average molecular weight is 296 g/mol. The van der Waals surface area contributed by atoms with E-state index in [0.29, 0.717) is 37.9 Å². The highest BCUT2D eigenvalue weighted by Crippen LogP contribution is 2.28. The van der Waals surface area contributed by atoms with Crippen molar-refractivity contribution in [3.05, 3.63) is 12.2 Å². The Bertz CT molecular complexity index is 371. The Morgan fingerprint density at radius 3 is 2.00 bits per heavy atom. The summed E-state index contributed by atoms with van der Waals surface area (Å²) < 4.78 is 10.7. The van der Waals surface area contributed by atoms with Gasteiger partial charge in [0.2, 0.25) is 0 Å². The molecule has 0 aromatic heterocycles. The molecule has 120 valence electrons.